The zero-order valence-electron chi connectivity index (χ0n) is 15.9. The first-order chi connectivity index (χ1) is 13.6. The average molecular weight is 401 g/mol. The number of nitrogens with zero attached hydrogens (tertiary/aromatic N) is 2. The first-order valence-electron chi connectivity index (χ1n) is 9.58. The lowest BCUT2D eigenvalue weighted by Crippen LogP contribution is -2.53. The number of rotatable bonds is 4. The van der Waals surface area contributed by atoms with E-state index in [0.29, 0.717) is 5.02 Å². The van der Waals surface area contributed by atoms with Crippen LogP contribution in [0.3, 0.4) is 0 Å². The van der Waals surface area contributed by atoms with Gasteiger partial charge in [0, 0.05) is 49.0 Å². The van der Waals surface area contributed by atoms with Crippen LogP contribution in [0.4, 0.5) is 5.69 Å². The summed E-state index contributed by atoms with van der Waals surface area (Å²) in [6.45, 7) is 3.07. The molecule has 0 saturated carbocycles. The summed E-state index contributed by atoms with van der Waals surface area (Å²) in [6.07, 6.45) is 0.718. The van der Waals surface area contributed by atoms with Crippen molar-refractivity contribution in [3.63, 3.8) is 0 Å². The van der Waals surface area contributed by atoms with Crippen LogP contribution >= 0.6 is 11.6 Å². The second-order valence-corrected chi connectivity index (χ2v) is 7.63. The van der Waals surface area contributed by atoms with Gasteiger partial charge in [0.15, 0.2) is 0 Å². The van der Waals surface area contributed by atoms with E-state index < -0.39 is 0 Å². The summed E-state index contributed by atoms with van der Waals surface area (Å²) in [5.41, 5.74) is 8.63. The molecule has 0 radical (unpaired) electrons. The molecule has 2 saturated heterocycles. The van der Waals surface area contributed by atoms with Crippen molar-refractivity contribution in [2.24, 2.45) is 0 Å². The van der Waals surface area contributed by atoms with Crippen LogP contribution in [-0.4, -0.2) is 50.1 Å². The molecule has 2 unspecified atom stereocenters. The third-order valence-electron chi connectivity index (χ3n) is 5.46. The van der Waals surface area contributed by atoms with Crippen molar-refractivity contribution in [1.82, 2.24) is 15.8 Å². The number of piperazine rings is 1. The van der Waals surface area contributed by atoms with Gasteiger partial charge in [-0.25, -0.2) is 10.9 Å². The molecule has 2 fully saturated rings. The summed E-state index contributed by atoms with van der Waals surface area (Å²) in [6, 6.07) is 15.7. The SMILES string of the molecule is COc1cccc(N2CCN(C(=O)C3CC(c4cccc(Cl)c4)NN3)CC2)c1. The van der Waals surface area contributed by atoms with Crippen molar-refractivity contribution in [2.45, 2.75) is 18.5 Å². The molecule has 0 spiro atoms. The van der Waals surface area contributed by atoms with Crippen LogP contribution < -0.4 is 20.5 Å². The van der Waals surface area contributed by atoms with E-state index in [1.807, 2.05) is 47.4 Å². The molecule has 4 rings (SSSR count). The molecular formula is C21H25ClN4O2. The fraction of sp³-hybridized carbons (Fsp3) is 0.381. The van der Waals surface area contributed by atoms with Crippen LogP contribution in [0.2, 0.25) is 5.02 Å². The summed E-state index contributed by atoms with van der Waals surface area (Å²) < 4.78 is 5.31. The molecule has 0 aromatic heterocycles. The average Bonchev–Trinajstić information content (AvgIpc) is 3.24. The molecular weight excluding hydrogens is 376 g/mol. The molecule has 28 heavy (non-hydrogen) atoms. The number of anilines is 1. The van der Waals surface area contributed by atoms with Gasteiger partial charge in [0.1, 0.15) is 11.8 Å². The smallest absolute Gasteiger partial charge is 0.241 e. The maximum atomic E-state index is 12.9. The van der Waals surface area contributed by atoms with Crippen molar-refractivity contribution >= 4 is 23.2 Å². The minimum atomic E-state index is -0.215. The Morgan fingerprint density at radius 2 is 1.86 bits per heavy atom. The summed E-state index contributed by atoms with van der Waals surface area (Å²) >= 11 is 6.09. The minimum Gasteiger partial charge on any atom is -0.497 e. The van der Waals surface area contributed by atoms with Crippen LogP contribution in [0.15, 0.2) is 48.5 Å². The zero-order chi connectivity index (χ0) is 19.5. The molecule has 2 heterocycles. The second kappa shape index (κ2) is 8.39. The molecule has 2 N–H and O–H groups in total. The molecule has 148 valence electrons. The zero-order valence-corrected chi connectivity index (χ0v) is 16.7. The van der Waals surface area contributed by atoms with Crippen molar-refractivity contribution in [3.8, 4) is 5.75 Å². The van der Waals surface area contributed by atoms with Crippen molar-refractivity contribution < 1.29 is 9.53 Å². The summed E-state index contributed by atoms with van der Waals surface area (Å²) in [5, 5.41) is 0.711. The van der Waals surface area contributed by atoms with E-state index in [1.54, 1.807) is 7.11 Å². The predicted molar refractivity (Wildman–Crippen MR) is 111 cm³/mol. The van der Waals surface area contributed by atoms with Crippen LogP contribution in [0.1, 0.15) is 18.0 Å². The molecule has 1 amide bonds. The van der Waals surface area contributed by atoms with Crippen LogP contribution in [0, 0.1) is 0 Å². The highest BCUT2D eigenvalue weighted by atomic mass is 35.5. The molecule has 6 nitrogen and oxygen atoms in total. The fourth-order valence-corrected chi connectivity index (χ4v) is 4.07. The topological polar surface area (TPSA) is 56.8 Å². The standard InChI is InChI=1S/C21H25ClN4O2/c1-28-18-7-3-6-17(13-18)25-8-10-26(11-9-25)21(27)20-14-19(23-24-20)15-4-2-5-16(22)12-15/h2-7,12-13,19-20,23-24H,8-11,14H2,1H3. The van der Waals surface area contributed by atoms with E-state index >= 15 is 0 Å². The van der Waals surface area contributed by atoms with Gasteiger partial charge in [-0.2, -0.15) is 0 Å². The predicted octanol–water partition coefficient (Wildman–Crippen LogP) is 2.61. The quantitative estimate of drug-likeness (QED) is 0.826. The van der Waals surface area contributed by atoms with Crippen molar-refractivity contribution in [2.75, 3.05) is 38.2 Å². The lowest BCUT2D eigenvalue weighted by molar-refractivity contribution is -0.133. The summed E-state index contributed by atoms with van der Waals surface area (Å²) in [4.78, 5) is 17.2. The minimum absolute atomic E-state index is 0.0886. The van der Waals surface area contributed by atoms with Crippen LogP contribution in [0.5, 0.6) is 5.75 Å². The lowest BCUT2D eigenvalue weighted by Gasteiger charge is -2.37. The molecule has 2 aliphatic rings. The van der Waals surface area contributed by atoms with E-state index in [1.165, 1.54) is 0 Å². The number of amides is 1. The van der Waals surface area contributed by atoms with E-state index in [2.05, 4.69) is 21.8 Å². The first-order valence-corrected chi connectivity index (χ1v) is 9.96. The molecule has 7 heteroatoms. The van der Waals surface area contributed by atoms with Crippen LogP contribution in [0.25, 0.3) is 0 Å². The maximum Gasteiger partial charge on any atom is 0.241 e. The van der Waals surface area contributed by atoms with Crippen molar-refractivity contribution in [3.05, 3.63) is 59.1 Å². The molecule has 2 aromatic carbocycles. The number of carbonyl (C=O) groups is 1. The van der Waals surface area contributed by atoms with Crippen molar-refractivity contribution in [1.29, 1.82) is 0 Å². The summed E-state index contributed by atoms with van der Waals surface area (Å²) in [5.74, 6) is 1.01. The Hall–Kier alpha value is -2.28. The van der Waals surface area contributed by atoms with Gasteiger partial charge >= 0.3 is 0 Å². The number of hydrogen-bond acceptors (Lipinski definition) is 5. The highest BCUT2D eigenvalue weighted by Crippen LogP contribution is 2.26. The highest BCUT2D eigenvalue weighted by Gasteiger charge is 2.34. The van der Waals surface area contributed by atoms with Gasteiger partial charge in [-0.05, 0) is 36.2 Å². The Morgan fingerprint density at radius 3 is 2.61 bits per heavy atom. The molecule has 0 bridgehead atoms. The number of ether oxygens (including phenoxy) is 1. The van der Waals surface area contributed by atoms with Crippen LogP contribution in [-0.2, 0) is 4.79 Å². The van der Waals surface area contributed by atoms with Gasteiger partial charge in [0.25, 0.3) is 0 Å². The Kier molecular flexibility index (Phi) is 5.71. The molecule has 0 aliphatic carbocycles. The monoisotopic (exact) mass is 400 g/mol. The third kappa shape index (κ3) is 4.09. The maximum absolute atomic E-state index is 12.9. The number of nitrogens with one attached hydrogen (secondary N) is 2. The number of methoxy groups -OCH3 is 1. The van der Waals surface area contributed by atoms with Gasteiger partial charge in [-0.15, -0.1) is 0 Å². The number of hydrazine groups is 1. The van der Waals surface area contributed by atoms with E-state index in [4.69, 9.17) is 16.3 Å². The first kappa shape index (κ1) is 19.1. The van der Waals surface area contributed by atoms with Gasteiger partial charge < -0.3 is 14.5 Å². The normalized spacial score (nSPS) is 22.4. The Labute approximate surface area is 170 Å². The van der Waals surface area contributed by atoms with Gasteiger partial charge in [0.2, 0.25) is 5.91 Å². The molecule has 2 aliphatic heterocycles. The lowest BCUT2D eigenvalue weighted by atomic mass is 10.0. The Balaban J connectivity index is 1.33. The summed E-state index contributed by atoms with van der Waals surface area (Å²) in [7, 11) is 1.68. The van der Waals surface area contributed by atoms with E-state index in [0.717, 1.165) is 49.6 Å². The van der Waals surface area contributed by atoms with Gasteiger partial charge in [-0.3, -0.25) is 4.79 Å². The molecule has 2 aromatic rings. The van der Waals surface area contributed by atoms with Gasteiger partial charge in [-0.1, -0.05) is 29.8 Å². The highest BCUT2D eigenvalue weighted by molar-refractivity contribution is 6.30. The fourth-order valence-electron chi connectivity index (χ4n) is 3.87. The number of benzene rings is 2. The largest absolute Gasteiger partial charge is 0.497 e. The second-order valence-electron chi connectivity index (χ2n) is 7.20. The van der Waals surface area contributed by atoms with E-state index in [9.17, 15) is 4.79 Å². The van der Waals surface area contributed by atoms with Gasteiger partial charge in [0.05, 0.1) is 7.11 Å². The Morgan fingerprint density at radius 1 is 1.07 bits per heavy atom. The molecule has 2 atom stereocenters. The van der Waals surface area contributed by atoms with E-state index in [-0.39, 0.29) is 18.0 Å². The number of halogens is 1. The Bertz CT molecular complexity index is 839. The number of hydrogen-bond donors (Lipinski definition) is 2. The number of carbonyl (C=O) groups excluding carboxylic acids is 1. The third-order valence-corrected chi connectivity index (χ3v) is 5.70.